The Hall–Kier alpha value is -1.21. The topological polar surface area (TPSA) is 119 Å². The van der Waals surface area contributed by atoms with Crippen LogP contribution in [0.1, 0.15) is 97.3 Å². The zero-order valence-electron chi connectivity index (χ0n) is 19.1. The van der Waals surface area contributed by atoms with Crippen LogP contribution in [-0.4, -0.2) is 41.0 Å². The number of hydrogen-bond donors (Lipinski definition) is 2. The molecule has 8 nitrogen and oxygen atoms in total. The van der Waals surface area contributed by atoms with Gasteiger partial charge < -0.3 is 19.3 Å². The second-order valence-electron chi connectivity index (χ2n) is 7.58. The number of phosphoric ester groups is 1. The summed E-state index contributed by atoms with van der Waals surface area (Å²) >= 11 is 0. The predicted molar refractivity (Wildman–Crippen MR) is 119 cm³/mol. The monoisotopic (exact) mass is 464 g/mol. The van der Waals surface area contributed by atoms with Gasteiger partial charge in [-0.05, 0) is 32.1 Å². The highest BCUT2D eigenvalue weighted by Crippen LogP contribution is 2.35. The van der Waals surface area contributed by atoms with Crippen LogP contribution in [0.3, 0.4) is 0 Å². The van der Waals surface area contributed by atoms with E-state index in [1.807, 2.05) is 0 Å². The molecule has 0 amide bonds. The zero-order chi connectivity index (χ0) is 23.4. The summed E-state index contributed by atoms with van der Waals surface area (Å²) < 4.78 is 25.7. The molecule has 0 aromatic heterocycles. The minimum absolute atomic E-state index is 0.202. The molecule has 1 atom stereocenters. The van der Waals surface area contributed by atoms with Crippen molar-refractivity contribution in [2.45, 2.75) is 103 Å². The van der Waals surface area contributed by atoms with Crippen LogP contribution >= 0.6 is 7.82 Å². The van der Waals surface area contributed by atoms with Gasteiger partial charge in [-0.3, -0.25) is 14.1 Å². The van der Waals surface area contributed by atoms with Crippen molar-refractivity contribution in [3.8, 4) is 0 Å². The van der Waals surface area contributed by atoms with Crippen LogP contribution in [0.4, 0.5) is 0 Å². The molecule has 0 bridgehead atoms. The maximum absolute atomic E-state index is 12.1. The normalized spacial score (nSPS) is 12.8. The van der Waals surface area contributed by atoms with Gasteiger partial charge in [-0.15, -0.1) is 0 Å². The van der Waals surface area contributed by atoms with E-state index in [4.69, 9.17) is 19.3 Å². The van der Waals surface area contributed by atoms with Gasteiger partial charge in [0.1, 0.15) is 6.61 Å². The molecule has 0 unspecified atom stereocenters. The molecule has 2 N–H and O–H groups in total. The Bertz CT molecular complexity index is 544. The Labute approximate surface area is 187 Å². The molecule has 0 aliphatic carbocycles. The van der Waals surface area contributed by atoms with E-state index >= 15 is 0 Å². The molecule has 0 radical (unpaired) electrons. The van der Waals surface area contributed by atoms with E-state index in [0.717, 1.165) is 57.8 Å². The van der Waals surface area contributed by atoms with Crippen molar-refractivity contribution in [2.75, 3.05) is 13.2 Å². The highest BCUT2D eigenvalue weighted by atomic mass is 31.2. The fourth-order valence-electron chi connectivity index (χ4n) is 2.84. The van der Waals surface area contributed by atoms with E-state index < -0.39 is 32.5 Å². The molecule has 0 saturated carbocycles. The number of allylic oxidation sites excluding steroid dienone is 2. The van der Waals surface area contributed by atoms with Crippen LogP contribution in [-0.2, 0) is 28.2 Å². The highest BCUT2D eigenvalue weighted by molar-refractivity contribution is 7.46. The van der Waals surface area contributed by atoms with E-state index in [-0.39, 0.29) is 19.4 Å². The molecule has 0 aromatic carbocycles. The van der Waals surface area contributed by atoms with Crippen molar-refractivity contribution in [2.24, 2.45) is 0 Å². The second-order valence-corrected chi connectivity index (χ2v) is 8.82. The lowest BCUT2D eigenvalue weighted by Crippen LogP contribution is -2.29. The average Bonchev–Trinajstić information content (AvgIpc) is 2.71. The standard InChI is InChI=1S/C22H41O8P/c1-3-5-7-9-10-11-12-13-15-17-22(24)30-20(19-29-31(25,26)27)18-28-21(23)16-14-8-6-4-2/h5,7,20H,3-4,6,8-19H2,1-2H3,(H2,25,26,27)/b7-5-/t20-/m1/s1. The number of unbranched alkanes of at least 4 members (excludes halogenated alkanes) is 8. The quantitative estimate of drug-likeness (QED) is 0.109. The number of phosphoric acid groups is 1. The molecule has 31 heavy (non-hydrogen) atoms. The summed E-state index contributed by atoms with van der Waals surface area (Å²) in [4.78, 5) is 41.6. The maximum Gasteiger partial charge on any atom is 0.469 e. The first kappa shape index (κ1) is 29.8. The van der Waals surface area contributed by atoms with E-state index in [0.29, 0.717) is 12.8 Å². The highest BCUT2D eigenvalue weighted by Gasteiger charge is 2.22. The van der Waals surface area contributed by atoms with E-state index in [1.54, 1.807) is 0 Å². The summed E-state index contributed by atoms with van der Waals surface area (Å²) in [5.74, 6) is -0.925. The van der Waals surface area contributed by atoms with Crippen LogP contribution in [0, 0.1) is 0 Å². The summed E-state index contributed by atoms with van der Waals surface area (Å²) in [6.45, 7) is 3.36. The fourth-order valence-corrected chi connectivity index (χ4v) is 3.20. The number of ether oxygens (including phenoxy) is 2. The smallest absolute Gasteiger partial charge is 0.462 e. The first-order chi connectivity index (χ1) is 14.8. The second kappa shape index (κ2) is 19.5. The van der Waals surface area contributed by atoms with Crippen molar-refractivity contribution in [3.63, 3.8) is 0 Å². The number of esters is 2. The summed E-state index contributed by atoms with van der Waals surface area (Å²) in [6.07, 6.45) is 14.5. The predicted octanol–water partition coefficient (Wildman–Crippen LogP) is 5.22. The lowest BCUT2D eigenvalue weighted by Gasteiger charge is -2.18. The Morgan fingerprint density at radius 3 is 2.10 bits per heavy atom. The molecule has 0 saturated heterocycles. The maximum atomic E-state index is 12.1. The van der Waals surface area contributed by atoms with E-state index in [9.17, 15) is 14.2 Å². The first-order valence-electron chi connectivity index (χ1n) is 11.5. The number of hydrogen-bond acceptors (Lipinski definition) is 6. The van der Waals surface area contributed by atoms with Crippen molar-refractivity contribution in [1.82, 2.24) is 0 Å². The van der Waals surface area contributed by atoms with Crippen LogP contribution in [0.15, 0.2) is 12.2 Å². The van der Waals surface area contributed by atoms with Crippen LogP contribution < -0.4 is 0 Å². The third-order valence-corrected chi connectivity index (χ3v) is 5.03. The molecule has 9 heteroatoms. The fraction of sp³-hybridized carbons (Fsp3) is 0.818. The number of carbonyl (C=O) groups excluding carboxylic acids is 2. The molecule has 182 valence electrons. The molecule has 0 aromatic rings. The van der Waals surface area contributed by atoms with Crippen molar-refractivity contribution >= 4 is 19.8 Å². The largest absolute Gasteiger partial charge is 0.469 e. The Morgan fingerprint density at radius 2 is 1.45 bits per heavy atom. The molecular formula is C22H41O8P. The SMILES string of the molecule is CC/C=C\CCCCCCCC(=O)O[C@H](COC(=O)CCCCCC)COP(=O)(O)O. The van der Waals surface area contributed by atoms with Gasteiger partial charge in [0.15, 0.2) is 6.10 Å². The molecule has 0 heterocycles. The third-order valence-electron chi connectivity index (χ3n) is 4.55. The number of rotatable bonds is 20. The molecule has 0 rings (SSSR count). The van der Waals surface area contributed by atoms with E-state index in [2.05, 4.69) is 30.5 Å². The molecule has 0 aliphatic rings. The van der Waals surface area contributed by atoms with Crippen molar-refractivity contribution in [3.05, 3.63) is 12.2 Å². The molecule has 0 fully saturated rings. The minimum Gasteiger partial charge on any atom is -0.462 e. The van der Waals surface area contributed by atoms with Crippen LogP contribution in [0.5, 0.6) is 0 Å². The van der Waals surface area contributed by atoms with Crippen molar-refractivity contribution in [1.29, 1.82) is 0 Å². The summed E-state index contributed by atoms with van der Waals surface area (Å²) in [6, 6.07) is 0. The summed E-state index contributed by atoms with van der Waals surface area (Å²) in [5.41, 5.74) is 0. The summed E-state index contributed by atoms with van der Waals surface area (Å²) in [7, 11) is -4.72. The minimum atomic E-state index is -4.72. The molecule has 0 aliphatic heterocycles. The lowest BCUT2D eigenvalue weighted by atomic mass is 10.1. The average molecular weight is 465 g/mol. The van der Waals surface area contributed by atoms with Crippen LogP contribution in [0.25, 0.3) is 0 Å². The van der Waals surface area contributed by atoms with E-state index in [1.165, 1.54) is 0 Å². The van der Waals surface area contributed by atoms with Gasteiger partial charge >= 0.3 is 19.8 Å². The lowest BCUT2D eigenvalue weighted by molar-refractivity contribution is -0.161. The van der Waals surface area contributed by atoms with Gasteiger partial charge in [0.25, 0.3) is 0 Å². The third kappa shape index (κ3) is 21.8. The molecular weight excluding hydrogens is 423 g/mol. The van der Waals surface area contributed by atoms with Crippen LogP contribution in [0.2, 0.25) is 0 Å². The van der Waals surface area contributed by atoms with Gasteiger partial charge in [-0.1, -0.05) is 64.5 Å². The van der Waals surface area contributed by atoms with Gasteiger partial charge in [0.05, 0.1) is 6.61 Å². The number of carbonyl (C=O) groups is 2. The van der Waals surface area contributed by atoms with Gasteiger partial charge in [0.2, 0.25) is 0 Å². The zero-order valence-corrected chi connectivity index (χ0v) is 20.0. The Kier molecular flexibility index (Phi) is 18.7. The molecule has 0 spiro atoms. The van der Waals surface area contributed by atoms with Gasteiger partial charge in [0, 0.05) is 12.8 Å². The Morgan fingerprint density at radius 1 is 0.839 bits per heavy atom. The van der Waals surface area contributed by atoms with Crippen molar-refractivity contribution < 1.29 is 37.9 Å². The van der Waals surface area contributed by atoms with Gasteiger partial charge in [-0.2, -0.15) is 0 Å². The first-order valence-corrected chi connectivity index (χ1v) is 13.0. The summed E-state index contributed by atoms with van der Waals surface area (Å²) in [5, 5.41) is 0. The van der Waals surface area contributed by atoms with Gasteiger partial charge in [-0.25, -0.2) is 4.57 Å². The Balaban J connectivity index is 4.18.